The third-order valence-electron chi connectivity index (χ3n) is 2.59. The predicted octanol–water partition coefficient (Wildman–Crippen LogP) is 0.666. The Morgan fingerprint density at radius 3 is 3.00 bits per heavy atom. The molecule has 6 nitrogen and oxygen atoms in total. The molecule has 0 radical (unpaired) electrons. The maximum absolute atomic E-state index is 11.7. The summed E-state index contributed by atoms with van der Waals surface area (Å²) in [6, 6.07) is 3.43. The van der Waals surface area contributed by atoms with Crippen LogP contribution in [0.1, 0.15) is 10.5 Å². The molecule has 18 heavy (non-hydrogen) atoms. The van der Waals surface area contributed by atoms with Gasteiger partial charge in [0.25, 0.3) is 0 Å². The zero-order valence-corrected chi connectivity index (χ0v) is 10.1. The Morgan fingerprint density at radius 1 is 1.56 bits per heavy atom. The SMILES string of the molecule is COc1ccnc(-c2cnn(C)c2C(=O)CO)c1. The van der Waals surface area contributed by atoms with Crippen LogP contribution in [0.3, 0.4) is 0 Å². The minimum atomic E-state index is -0.559. The van der Waals surface area contributed by atoms with E-state index in [4.69, 9.17) is 9.84 Å². The van der Waals surface area contributed by atoms with Crippen molar-refractivity contribution in [3.05, 3.63) is 30.2 Å². The molecular weight excluding hydrogens is 234 g/mol. The second-order valence-corrected chi connectivity index (χ2v) is 3.69. The van der Waals surface area contributed by atoms with Crippen LogP contribution in [-0.2, 0) is 7.05 Å². The van der Waals surface area contributed by atoms with Gasteiger partial charge in [-0.2, -0.15) is 5.10 Å². The third kappa shape index (κ3) is 2.10. The number of carbonyl (C=O) groups excluding carboxylic acids is 1. The van der Waals surface area contributed by atoms with Crippen molar-refractivity contribution in [3.8, 4) is 17.0 Å². The normalized spacial score (nSPS) is 10.4. The highest BCUT2D eigenvalue weighted by atomic mass is 16.5. The number of aryl methyl sites for hydroxylation is 1. The van der Waals surface area contributed by atoms with Gasteiger partial charge in [0.2, 0.25) is 5.78 Å². The summed E-state index contributed by atoms with van der Waals surface area (Å²) in [4.78, 5) is 15.9. The molecule has 0 saturated heterocycles. The zero-order valence-electron chi connectivity index (χ0n) is 10.1. The van der Waals surface area contributed by atoms with Crippen LogP contribution in [0.15, 0.2) is 24.5 Å². The summed E-state index contributed by atoms with van der Waals surface area (Å²) in [5.74, 6) is 0.251. The van der Waals surface area contributed by atoms with Gasteiger partial charge in [0.15, 0.2) is 0 Å². The first-order valence-corrected chi connectivity index (χ1v) is 5.34. The van der Waals surface area contributed by atoms with Gasteiger partial charge in [-0.25, -0.2) is 0 Å². The van der Waals surface area contributed by atoms with Crippen molar-refractivity contribution < 1.29 is 14.6 Å². The standard InChI is InChI=1S/C12H13N3O3/c1-15-12(11(17)7-16)9(6-14-15)10-5-8(18-2)3-4-13-10/h3-6,16H,7H2,1-2H3. The van der Waals surface area contributed by atoms with E-state index in [1.54, 1.807) is 38.7 Å². The molecule has 0 unspecified atom stereocenters. The molecule has 0 bridgehead atoms. The number of aliphatic hydroxyl groups is 1. The lowest BCUT2D eigenvalue weighted by Crippen LogP contribution is -2.11. The Balaban J connectivity index is 2.53. The van der Waals surface area contributed by atoms with E-state index >= 15 is 0 Å². The van der Waals surface area contributed by atoms with Crippen LogP contribution in [0.5, 0.6) is 5.75 Å². The van der Waals surface area contributed by atoms with Gasteiger partial charge in [0.05, 0.1) is 19.0 Å². The van der Waals surface area contributed by atoms with E-state index in [0.717, 1.165) is 0 Å². The first-order chi connectivity index (χ1) is 8.67. The van der Waals surface area contributed by atoms with E-state index in [1.165, 1.54) is 4.68 Å². The number of pyridine rings is 1. The van der Waals surface area contributed by atoms with Crippen molar-refractivity contribution in [1.29, 1.82) is 0 Å². The van der Waals surface area contributed by atoms with Gasteiger partial charge >= 0.3 is 0 Å². The van der Waals surface area contributed by atoms with Crippen LogP contribution >= 0.6 is 0 Å². The summed E-state index contributed by atoms with van der Waals surface area (Å²) in [5, 5.41) is 13.0. The van der Waals surface area contributed by atoms with E-state index < -0.39 is 12.4 Å². The van der Waals surface area contributed by atoms with Gasteiger partial charge in [-0.1, -0.05) is 0 Å². The van der Waals surface area contributed by atoms with Gasteiger partial charge in [-0.05, 0) is 6.07 Å². The Morgan fingerprint density at radius 2 is 2.33 bits per heavy atom. The number of methoxy groups -OCH3 is 1. The third-order valence-corrected chi connectivity index (χ3v) is 2.59. The largest absolute Gasteiger partial charge is 0.497 e. The van der Waals surface area contributed by atoms with E-state index in [1.807, 2.05) is 0 Å². The van der Waals surface area contributed by atoms with Crippen LogP contribution in [0.2, 0.25) is 0 Å². The molecule has 6 heteroatoms. The summed E-state index contributed by atoms with van der Waals surface area (Å²) < 4.78 is 6.53. The lowest BCUT2D eigenvalue weighted by molar-refractivity contribution is 0.0895. The number of hydrogen-bond donors (Lipinski definition) is 1. The molecule has 2 heterocycles. The summed E-state index contributed by atoms with van der Waals surface area (Å²) in [6.07, 6.45) is 3.14. The first kappa shape index (κ1) is 12.3. The molecule has 2 aromatic rings. The van der Waals surface area contributed by atoms with Crippen LogP contribution in [0, 0.1) is 0 Å². The molecular formula is C12H13N3O3. The summed E-state index contributed by atoms with van der Waals surface area (Å²) in [5.41, 5.74) is 1.49. The molecule has 94 valence electrons. The average Bonchev–Trinajstić information content (AvgIpc) is 2.80. The van der Waals surface area contributed by atoms with Gasteiger partial charge in [0, 0.05) is 24.9 Å². The van der Waals surface area contributed by atoms with Crippen molar-refractivity contribution in [1.82, 2.24) is 14.8 Å². The lowest BCUT2D eigenvalue weighted by Gasteiger charge is -2.05. The van der Waals surface area contributed by atoms with Crippen molar-refractivity contribution >= 4 is 5.78 Å². The predicted molar refractivity (Wildman–Crippen MR) is 64.4 cm³/mol. The van der Waals surface area contributed by atoms with Gasteiger partial charge in [-0.3, -0.25) is 14.5 Å². The number of ketones is 1. The molecule has 0 saturated carbocycles. The summed E-state index contributed by atoms with van der Waals surface area (Å²) in [7, 11) is 3.20. The molecule has 0 fully saturated rings. The number of nitrogens with zero attached hydrogens (tertiary/aromatic N) is 3. The topological polar surface area (TPSA) is 77.2 Å². The second-order valence-electron chi connectivity index (χ2n) is 3.69. The number of Topliss-reactive ketones (excluding diaryl/α,β-unsaturated/α-hetero) is 1. The Kier molecular flexibility index (Phi) is 3.38. The van der Waals surface area contributed by atoms with Crippen LogP contribution in [0.4, 0.5) is 0 Å². The molecule has 0 amide bonds. The smallest absolute Gasteiger partial charge is 0.206 e. The molecule has 2 aromatic heterocycles. The molecule has 2 rings (SSSR count). The van der Waals surface area contributed by atoms with Crippen molar-refractivity contribution in [2.75, 3.05) is 13.7 Å². The van der Waals surface area contributed by atoms with Crippen LogP contribution in [0.25, 0.3) is 11.3 Å². The average molecular weight is 247 g/mol. The highest BCUT2D eigenvalue weighted by Gasteiger charge is 2.18. The van der Waals surface area contributed by atoms with Crippen LogP contribution in [-0.4, -0.2) is 39.4 Å². The number of aliphatic hydroxyl groups excluding tert-OH is 1. The van der Waals surface area contributed by atoms with Gasteiger partial charge in [-0.15, -0.1) is 0 Å². The van der Waals surface area contributed by atoms with E-state index in [9.17, 15) is 4.79 Å². The Bertz CT molecular complexity index is 578. The molecule has 0 atom stereocenters. The number of ether oxygens (including phenoxy) is 1. The van der Waals surface area contributed by atoms with E-state index in [0.29, 0.717) is 22.7 Å². The van der Waals surface area contributed by atoms with Crippen molar-refractivity contribution in [2.24, 2.45) is 7.05 Å². The maximum Gasteiger partial charge on any atom is 0.206 e. The summed E-state index contributed by atoms with van der Waals surface area (Å²) in [6.45, 7) is -0.559. The molecule has 0 spiro atoms. The van der Waals surface area contributed by atoms with Crippen molar-refractivity contribution in [3.63, 3.8) is 0 Å². The highest BCUT2D eigenvalue weighted by Crippen LogP contribution is 2.24. The second kappa shape index (κ2) is 4.97. The zero-order chi connectivity index (χ0) is 13.1. The summed E-state index contributed by atoms with van der Waals surface area (Å²) >= 11 is 0. The molecule has 0 aliphatic heterocycles. The number of rotatable bonds is 4. The molecule has 0 aliphatic rings. The maximum atomic E-state index is 11.7. The monoisotopic (exact) mass is 247 g/mol. The number of carbonyl (C=O) groups is 1. The molecule has 1 N–H and O–H groups in total. The Labute approximate surface area is 104 Å². The fraction of sp³-hybridized carbons (Fsp3) is 0.250. The number of aromatic nitrogens is 3. The quantitative estimate of drug-likeness (QED) is 0.803. The van der Waals surface area contributed by atoms with E-state index in [-0.39, 0.29) is 0 Å². The van der Waals surface area contributed by atoms with Crippen LogP contribution < -0.4 is 4.74 Å². The van der Waals surface area contributed by atoms with E-state index in [2.05, 4.69) is 10.1 Å². The molecule has 0 aliphatic carbocycles. The van der Waals surface area contributed by atoms with Crippen molar-refractivity contribution in [2.45, 2.75) is 0 Å². The van der Waals surface area contributed by atoms with Gasteiger partial charge in [0.1, 0.15) is 18.1 Å². The minimum Gasteiger partial charge on any atom is -0.497 e. The number of hydrogen-bond acceptors (Lipinski definition) is 5. The fourth-order valence-electron chi connectivity index (χ4n) is 1.72. The minimum absolute atomic E-state index is 0.332. The molecule has 0 aromatic carbocycles. The Hall–Kier alpha value is -2.21. The lowest BCUT2D eigenvalue weighted by atomic mass is 10.1. The van der Waals surface area contributed by atoms with Gasteiger partial charge < -0.3 is 9.84 Å². The highest BCUT2D eigenvalue weighted by molar-refractivity contribution is 6.01. The first-order valence-electron chi connectivity index (χ1n) is 5.34. The fourth-order valence-corrected chi connectivity index (χ4v) is 1.72.